The highest BCUT2D eigenvalue weighted by molar-refractivity contribution is 9.10. The molecule has 1 saturated heterocycles. The lowest BCUT2D eigenvalue weighted by molar-refractivity contribution is 0.319. The summed E-state index contributed by atoms with van der Waals surface area (Å²) in [4.78, 5) is 2.45. The summed E-state index contributed by atoms with van der Waals surface area (Å²) in [6.07, 6.45) is 1.11. The summed E-state index contributed by atoms with van der Waals surface area (Å²) >= 11 is 3.39. The molecule has 0 bridgehead atoms. The van der Waals surface area contributed by atoms with Gasteiger partial charge in [0, 0.05) is 42.3 Å². The van der Waals surface area contributed by atoms with E-state index in [1.165, 1.54) is 11.6 Å². The Balaban J connectivity index is 1.50. The molecule has 0 aromatic heterocycles. The molecular weight excluding hydrogens is 343 g/mol. The maximum absolute atomic E-state index is 13.7. The average molecular weight is 363 g/mol. The molecule has 1 unspecified atom stereocenters. The number of hydrogen-bond acceptors (Lipinski definition) is 2. The molecule has 1 atom stereocenters. The van der Waals surface area contributed by atoms with Crippen molar-refractivity contribution in [2.75, 3.05) is 13.1 Å². The smallest absolute Gasteiger partial charge is 0.127 e. The molecule has 1 aliphatic rings. The van der Waals surface area contributed by atoms with Crippen LogP contribution in [0.25, 0.3) is 0 Å². The number of likely N-dealkylation sites (tertiary alicyclic amines) is 1. The number of benzene rings is 2. The second-order valence-corrected chi connectivity index (χ2v) is 6.74. The van der Waals surface area contributed by atoms with E-state index in [2.05, 4.69) is 50.4 Å². The van der Waals surface area contributed by atoms with E-state index in [-0.39, 0.29) is 5.82 Å². The first-order chi connectivity index (χ1) is 10.7. The van der Waals surface area contributed by atoms with Crippen molar-refractivity contribution in [3.63, 3.8) is 0 Å². The Labute approximate surface area is 139 Å². The van der Waals surface area contributed by atoms with Crippen LogP contribution in [0.15, 0.2) is 53.0 Å². The number of nitrogens with zero attached hydrogens (tertiary/aromatic N) is 1. The highest BCUT2D eigenvalue weighted by Gasteiger charge is 2.22. The van der Waals surface area contributed by atoms with Crippen molar-refractivity contribution in [2.24, 2.45) is 0 Å². The van der Waals surface area contributed by atoms with E-state index in [1.807, 2.05) is 12.1 Å². The van der Waals surface area contributed by atoms with Crippen molar-refractivity contribution < 1.29 is 4.39 Å². The maximum atomic E-state index is 13.7. The third-order valence-electron chi connectivity index (χ3n) is 4.11. The molecule has 4 heteroatoms. The normalized spacial score (nSPS) is 18.7. The van der Waals surface area contributed by atoms with Gasteiger partial charge in [0.15, 0.2) is 0 Å². The maximum Gasteiger partial charge on any atom is 0.127 e. The van der Waals surface area contributed by atoms with Gasteiger partial charge in [0.05, 0.1) is 0 Å². The lowest BCUT2D eigenvalue weighted by Gasteiger charge is -2.17. The van der Waals surface area contributed by atoms with Crippen LogP contribution in [-0.4, -0.2) is 24.0 Å². The van der Waals surface area contributed by atoms with E-state index in [4.69, 9.17) is 0 Å². The van der Waals surface area contributed by atoms with Crippen molar-refractivity contribution in [2.45, 2.75) is 25.6 Å². The zero-order valence-electron chi connectivity index (χ0n) is 12.4. The fourth-order valence-electron chi connectivity index (χ4n) is 2.92. The van der Waals surface area contributed by atoms with Gasteiger partial charge in [-0.25, -0.2) is 4.39 Å². The monoisotopic (exact) mass is 362 g/mol. The third kappa shape index (κ3) is 4.15. The predicted octanol–water partition coefficient (Wildman–Crippen LogP) is 3.95. The van der Waals surface area contributed by atoms with E-state index in [1.54, 1.807) is 6.07 Å². The molecule has 1 aliphatic heterocycles. The van der Waals surface area contributed by atoms with Gasteiger partial charge in [-0.05, 0) is 30.2 Å². The quantitative estimate of drug-likeness (QED) is 0.865. The van der Waals surface area contributed by atoms with E-state index < -0.39 is 0 Å². The van der Waals surface area contributed by atoms with Gasteiger partial charge in [0.25, 0.3) is 0 Å². The molecule has 0 saturated carbocycles. The van der Waals surface area contributed by atoms with Crippen molar-refractivity contribution >= 4 is 15.9 Å². The molecule has 1 fully saturated rings. The molecule has 0 spiro atoms. The largest absolute Gasteiger partial charge is 0.308 e. The topological polar surface area (TPSA) is 15.3 Å². The molecule has 2 nitrogen and oxygen atoms in total. The van der Waals surface area contributed by atoms with Crippen LogP contribution in [0, 0.1) is 5.82 Å². The highest BCUT2D eigenvalue weighted by atomic mass is 79.9. The van der Waals surface area contributed by atoms with Crippen molar-refractivity contribution in [3.8, 4) is 0 Å². The van der Waals surface area contributed by atoms with Gasteiger partial charge in [0.2, 0.25) is 0 Å². The van der Waals surface area contributed by atoms with Gasteiger partial charge < -0.3 is 5.32 Å². The fourth-order valence-corrected chi connectivity index (χ4v) is 3.33. The molecule has 2 aromatic rings. The average Bonchev–Trinajstić information content (AvgIpc) is 2.97. The Morgan fingerprint density at radius 1 is 1.18 bits per heavy atom. The highest BCUT2D eigenvalue weighted by Crippen LogP contribution is 2.17. The third-order valence-corrected chi connectivity index (χ3v) is 4.60. The second-order valence-electron chi connectivity index (χ2n) is 5.82. The summed E-state index contributed by atoms with van der Waals surface area (Å²) in [5.74, 6) is -0.144. The minimum Gasteiger partial charge on any atom is -0.308 e. The summed E-state index contributed by atoms with van der Waals surface area (Å²) in [6.45, 7) is 3.68. The molecule has 0 amide bonds. The molecule has 116 valence electrons. The van der Waals surface area contributed by atoms with Crippen molar-refractivity contribution in [3.05, 3.63) is 69.9 Å². The van der Waals surface area contributed by atoms with Crippen LogP contribution < -0.4 is 5.32 Å². The summed E-state index contributed by atoms with van der Waals surface area (Å²) in [6, 6.07) is 16.1. The summed E-state index contributed by atoms with van der Waals surface area (Å²) in [5.41, 5.74) is 2.07. The van der Waals surface area contributed by atoms with Gasteiger partial charge in [0.1, 0.15) is 5.82 Å². The van der Waals surface area contributed by atoms with E-state index in [0.717, 1.165) is 36.1 Å². The number of nitrogens with one attached hydrogen (secondary N) is 1. The van der Waals surface area contributed by atoms with E-state index >= 15 is 0 Å². The first kappa shape index (κ1) is 15.7. The Hall–Kier alpha value is -1.23. The van der Waals surface area contributed by atoms with Gasteiger partial charge in [-0.2, -0.15) is 0 Å². The number of hydrogen-bond donors (Lipinski definition) is 1. The molecule has 2 aromatic carbocycles. The molecular formula is C18H20BrFN2. The van der Waals surface area contributed by atoms with Crippen LogP contribution in [0.1, 0.15) is 17.5 Å². The summed E-state index contributed by atoms with van der Waals surface area (Å²) in [7, 11) is 0. The van der Waals surface area contributed by atoms with Crippen LogP contribution in [0.2, 0.25) is 0 Å². The molecule has 0 aliphatic carbocycles. The Bertz CT molecular complexity index is 618. The molecule has 1 N–H and O–H groups in total. The fraction of sp³-hybridized carbons (Fsp3) is 0.333. The lowest BCUT2D eigenvalue weighted by Crippen LogP contribution is -2.32. The molecule has 0 radical (unpaired) electrons. The van der Waals surface area contributed by atoms with Crippen LogP contribution in [0.3, 0.4) is 0 Å². The minimum absolute atomic E-state index is 0.144. The molecule has 3 rings (SSSR count). The number of rotatable bonds is 5. The van der Waals surface area contributed by atoms with E-state index in [0.29, 0.717) is 12.6 Å². The van der Waals surface area contributed by atoms with Crippen LogP contribution >= 0.6 is 15.9 Å². The standard InChI is InChI=1S/C18H20BrFN2/c19-16-6-7-18(20)15(10-16)11-21-17-8-9-22(13-17)12-14-4-2-1-3-5-14/h1-7,10,17,21H,8-9,11-13H2. The van der Waals surface area contributed by atoms with Crippen molar-refractivity contribution in [1.82, 2.24) is 10.2 Å². The first-order valence-corrected chi connectivity index (χ1v) is 8.43. The van der Waals surface area contributed by atoms with E-state index in [9.17, 15) is 4.39 Å². The lowest BCUT2D eigenvalue weighted by atomic mass is 10.2. The van der Waals surface area contributed by atoms with Crippen LogP contribution in [0.5, 0.6) is 0 Å². The van der Waals surface area contributed by atoms with Crippen molar-refractivity contribution in [1.29, 1.82) is 0 Å². The Kier molecular flexibility index (Phi) is 5.24. The van der Waals surface area contributed by atoms with Gasteiger partial charge in [-0.3, -0.25) is 4.90 Å². The SMILES string of the molecule is Fc1ccc(Br)cc1CNC1CCN(Cc2ccccc2)C1. The Morgan fingerprint density at radius 3 is 2.82 bits per heavy atom. The minimum atomic E-state index is -0.144. The predicted molar refractivity (Wildman–Crippen MR) is 91.1 cm³/mol. The van der Waals surface area contributed by atoms with Gasteiger partial charge >= 0.3 is 0 Å². The zero-order valence-corrected chi connectivity index (χ0v) is 14.0. The Morgan fingerprint density at radius 2 is 2.00 bits per heavy atom. The van der Waals surface area contributed by atoms with Gasteiger partial charge in [-0.1, -0.05) is 46.3 Å². The van der Waals surface area contributed by atoms with Crippen LogP contribution in [-0.2, 0) is 13.1 Å². The second kappa shape index (κ2) is 7.36. The summed E-state index contributed by atoms with van der Waals surface area (Å²) < 4.78 is 14.7. The van der Waals surface area contributed by atoms with Crippen LogP contribution in [0.4, 0.5) is 4.39 Å². The van der Waals surface area contributed by atoms with Gasteiger partial charge in [-0.15, -0.1) is 0 Å². The molecule has 22 heavy (non-hydrogen) atoms. The molecule has 1 heterocycles. The first-order valence-electron chi connectivity index (χ1n) is 7.64. The number of halogens is 2. The summed E-state index contributed by atoms with van der Waals surface area (Å²) in [5, 5.41) is 3.48. The zero-order chi connectivity index (χ0) is 15.4.